The molecule has 0 radical (unpaired) electrons. The summed E-state index contributed by atoms with van der Waals surface area (Å²) in [6, 6.07) is 19.9. The molecule has 0 aliphatic rings. The van der Waals surface area contributed by atoms with Crippen molar-refractivity contribution >= 4 is 5.91 Å². The lowest BCUT2D eigenvalue weighted by Gasteiger charge is -2.25. The lowest BCUT2D eigenvalue weighted by atomic mass is 10.1. The van der Waals surface area contributed by atoms with Crippen LogP contribution >= 0.6 is 0 Å². The molecule has 0 saturated heterocycles. The molecule has 3 aromatic rings. The highest BCUT2D eigenvalue weighted by Crippen LogP contribution is 2.20. The maximum Gasteiger partial charge on any atom is 0.240 e. The molecule has 0 spiro atoms. The van der Waals surface area contributed by atoms with Gasteiger partial charge in [-0.25, -0.2) is 4.68 Å². The van der Waals surface area contributed by atoms with Crippen molar-refractivity contribution < 1.29 is 14.3 Å². The van der Waals surface area contributed by atoms with Gasteiger partial charge in [0.05, 0.1) is 31.2 Å². The van der Waals surface area contributed by atoms with Gasteiger partial charge in [-0.3, -0.25) is 4.79 Å². The first-order valence-electron chi connectivity index (χ1n) is 10.9. The topological polar surface area (TPSA) is 141 Å². The van der Waals surface area contributed by atoms with Crippen molar-refractivity contribution in [3.8, 4) is 11.8 Å². The predicted octanol–water partition coefficient (Wildman–Crippen LogP) is 2.32. The third-order valence-corrected chi connectivity index (χ3v) is 4.97. The summed E-state index contributed by atoms with van der Waals surface area (Å²) in [5.41, 5.74) is 5.86. The van der Waals surface area contributed by atoms with Crippen LogP contribution in [0.1, 0.15) is 43.7 Å². The predicted molar refractivity (Wildman–Crippen MR) is 124 cm³/mol. The molecule has 34 heavy (non-hydrogen) atoms. The van der Waals surface area contributed by atoms with Crippen LogP contribution in [-0.2, 0) is 16.1 Å². The minimum Gasteiger partial charge on any atom is -0.491 e. The first-order chi connectivity index (χ1) is 16.4. The van der Waals surface area contributed by atoms with Crippen molar-refractivity contribution in [1.29, 1.82) is 5.26 Å². The number of nitrogens with two attached hydrogens (primary N) is 1. The van der Waals surface area contributed by atoms with E-state index in [0.29, 0.717) is 18.2 Å². The van der Waals surface area contributed by atoms with Gasteiger partial charge in [-0.05, 0) is 42.0 Å². The largest absolute Gasteiger partial charge is 0.491 e. The quantitative estimate of drug-likeness (QED) is 0.417. The zero-order valence-corrected chi connectivity index (χ0v) is 19.3. The van der Waals surface area contributed by atoms with Crippen LogP contribution in [0.5, 0.6) is 5.75 Å². The minimum atomic E-state index is -1.11. The molecule has 0 unspecified atom stereocenters. The van der Waals surface area contributed by atoms with E-state index in [-0.39, 0.29) is 25.5 Å². The van der Waals surface area contributed by atoms with Crippen LogP contribution in [-0.4, -0.2) is 44.9 Å². The van der Waals surface area contributed by atoms with Gasteiger partial charge in [0.15, 0.2) is 5.82 Å². The zero-order chi connectivity index (χ0) is 24.4. The fourth-order valence-electron chi connectivity index (χ4n) is 3.11. The fraction of sp³-hybridized carbons (Fsp3) is 0.375. The summed E-state index contributed by atoms with van der Waals surface area (Å²) < 4.78 is 13.2. The number of carbonyl (C=O) groups excluding carboxylic acids is 1. The molecule has 0 saturated carbocycles. The van der Waals surface area contributed by atoms with Crippen LogP contribution in [0.3, 0.4) is 0 Å². The fourth-order valence-corrected chi connectivity index (χ4v) is 3.11. The summed E-state index contributed by atoms with van der Waals surface area (Å²) in [5, 5.41) is 24.3. The van der Waals surface area contributed by atoms with E-state index in [1.807, 2.05) is 60.7 Å². The number of carbonyl (C=O) groups is 1. The van der Waals surface area contributed by atoms with Gasteiger partial charge < -0.3 is 20.5 Å². The number of nitrogens with one attached hydrogen (secondary N) is 1. The molecule has 0 bridgehead atoms. The third-order valence-electron chi connectivity index (χ3n) is 4.97. The Balaban J connectivity index is 1.79. The average molecular weight is 464 g/mol. The molecule has 3 rings (SSSR count). The van der Waals surface area contributed by atoms with E-state index >= 15 is 0 Å². The SMILES string of the molecule is CC(C)(N)C(=O)N[C@H](COCc1ccccc1)c1nnnn1[C@H](CC#N)COc1ccccc1. The van der Waals surface area contributed by atoms with Crippen molar-refractivity contribution in [3.05, 3.63) is 72.1 Å². The Labute approximate surface area is 198 Å². The number of hydrogen-bond acceptors (Lipinski definition) is 8. The Hall–Kier alpha value is -3.81. The number of ether oxygens (including phenoxy) is 2. The number of aromatic nitrogens is 4. The van der Waals surface area contributed by atoms with Crippen molar-refractivity contribution in [1.82, 2.24) is 25.5 Å². The standard InChI is InChI=1S/C24H29N7O3/c1-24(2,26)23(32)27-21(17-33-15-18-9-5-3-6-10-18)22-28-29-30-31(22)19(13-14-25)16-34-20-11-7-4-8-12-20/h3-12,19,21H,13,15-17,26H2,1-2H3,(H,27,32)/t19-,21-/m1/s1. The number of nitriles is 1. The van der Waals surface area contributed by atoms with Crippen LogP contribution in [0.15, 0.2) is 60.7 Å². The molecule has 3 N–H and O–H groups in total. The van der Waals surface area contributed by atoms with Gasteiger partial charge >= 0.3 is 0 Å². The highest BCUT2D eigenvalue weighted by atomic mass is 16.5. The van der Waals surface area contributed by atoms with E-state index in [1.54, 1.807) is 13.8 Å². The van der Waals surface area contributed by atoms with Crippen LogP contribution in [0.4, 0.5) is 0 Å². The monoisotopic (exact) mass is 463 g/mol. The Kier molecular flexibility index (Phi) is 8.67. The van der Waals surface area contributed by atoms with Gasteiger partial charge in [-0.1, -0.05) is 48.5 Å². The summed E-state index contributed by atoms with van der Waals surface area (Å²) >= 11 is 0. The van der Waals surface area contributed by atoms with Gasteiger partial charge in [-0.2, -0.15) is 5.26 Å². The number of benzene rings is 2. The number of nitrogens with zero attached hydrogens (tertiary/aromatic N) is 5. The van der Waals surface area contributed by atoms with Crippen LogP contribution in [0.2, 0.25) is 0 Å². The number of rotatable bonds is 12. The van der Waals surface area contributed by atoms with Crippen molar-refractivity contribution in [2.24, 2.45) is 5.73 Å². The van der Waals surface area contributed by atoms with Crippen molar-refractivity contribution in [2.75, 3.05) is 13.2 Å². The third kappa shape index (κ3) is 7.10. The van der Waals surface area contributed by atoms with Gasteiger partial charge in [0, 0.05) is 0 Å². The normalized spacial score (nSPS) is 13.0. The summed E-state index contributed by atoms with van der Waals surface area (Å²) in [7, 11) is 0. The second kappa shape index (κ2) is 11.9. The number of tetrazole rings is 1. The zero-order valence-electron chi connectivity index (χ0n) is 19.3. The van der Waals surface area contributed by atoms with E-state index in [0.717, 1.165) is 5.56 Å². The van der Waals surface area contributed by atoms with E-state index in [2.05, 4.69) is 26.9 Å². The first kappa shape index (κ1) is 24.8. The molecule has 2 aromatic carbocycles. The van der Waals surface area contributed by atoms with Crippen LogP contribution < -0.4 is 15.8 Å². The molecule has 178 valence electrons. The average Bonchev–Trinajstić information content (AvgIpc) is 3.31. The summed E-state index contributed by atoms with van der Waals surface area (Å²) in [6.07, 6.45) is 0.110. The molecule has 10 heteroatoms. The molecule has 1 aromatic heterocycles. The van der Waals surface area contributed by atoms with Gasteiger partial charge in [0.2, 0.25) is 5.91 Å². The maximum absolute atomic E-state index is 12.7. The Bertz CT molecular complexity index is 1080. The number of para-hydroxylation sites is 1. The molecule has 0 fully saturated rings. The first-order valence-corrected chi connectivity index (χ1v) is 10.9. The number of amides is 1. The van der Waals surface area contributed by atoms with E-state index in [9.17, 15) is 10.1 Å². The highest BCUT2D eigenvalue weighted by Gasteiger charge is 2.30. The lowest BCUT2D eigenvalue weighted by Crippen LogP contribution is -2.51. The van der Waals surface area contributed by atoms with E-state index < -0.39 is 17.6 Å². The minimum absolute atomic E-state index is 0.107. The molecular weight excluding hydrogens is 434 g/mol. The second-order valence-electron chi connectivity index (χ2n) is 8.37. The molecule has 2 atom stereocenters. The summed E-state index contributed by atoms with van der Waals surface area (Å²) in [5.74, 6) is 0.635. The molecule has 1 heterocycles. The Morgan fingerprint density at radius 3 is 2.47 bits per heavy atom. The molecule has 0 aliphatic heterocycles. The maximum atomic E-state index is 12.7. The second-order valence-corrected chi connectivity index (χ2v) is 8.37. The van der Waals surface area contributed by atoms with Gasteiger partial charge in [0.25, 0.3) is 0 Å². The van der Waals surface area contributed by atoms with E-state index in [4.69, 9.17) is 15.2 Å². The van der Waals surface area contributed by atoms with Crippen LogP contribution in [0.25, 0.3) is 0 Å². The molecular formula is C24H29N7O3. The van der Waals surface area contributed by atoms with Crippen molar-refractivity contribution in [3.63, 3.8) is 0 Å². The lowest BCUT2D eigenvalue weighted by molar-refractivity contribution is -0.126. The summed E-state index contributed by atoms with van der Waals surface area (Å²) in [4.78, 5) is 12.7. The molecule has 1 amide bonds. The molecule has 0 aliphatic carbocycles. The Morgan fingerprint density at radius 2 is 1.82 bits per heavy atom. The summed E-state index contributed by atoms with van der Waals surface area (Å²) in [6.45, 7) is 3.84. The van der Waals surface area contributed by atoms with E-state index in [1.165, 1.54) is 4.68 Å². The Morgan fingerprint density at radius 1 is 1.15 bits per heavy atom. The van der Waals surface area contributed by atoms with Gasteiger partial charge in [-0.15, -0.1) is 5.10 Å². The molecule has 10 nitrogen and oxygen atoms in total. The van der Waals surface area contributed by atoms with Crippen LogP contribution in [0, 0.1) is 11.3 Å². The smallest absolute Gasteiger partial charge is 0.240 e. The number of hydrogen-bond donors (Lipinski definition) is 2. The van der Waals surface area contributed by atoms with Gasteiger partial charge in [0.1, 0.15) is 24.4 Å². The highest BCUT2D eigenvalue weighted by molar-refractivity contribution is 5.85. The van der Waals surface area contributed by atoms with Crippen molar-refractivity contribution in [2.45, 2.75) is 44.5 Å².